The van der Waals surface area contributed by atoms with Gasteiger partial charge in [0.2, 0.25) is 0 Å². The number of halogens is 2. The van der Waals surface area contributed by atoms with Crippen molar-refractivity contribution in [1.29, 1.82) is 0 Å². The number of amides is 2. The van der Waals surface area contributed by atoms with Gasteiger partial charge in [-0.3, -0.25) is 14.3 Å². The van der Waals surface area contributed by atoms with E-state index in [9.17, 15) is 27.6 Å². The van der Waals surface area contributed by atoms with Crippen molar-refractivity contribution in [3.05, 3.63) is 66.2 Å². The van der Waals surface area contributed by atoms with Crippen LogP contribution in [-0.4, -0.2) is 71.1 Å². The minimum atomic E-state index is -3.68. The summed E-state index contributed by atoms with van der Waals surface area (Å²) in [6.45, 7) is 12.5. The fourth-order valence-corrected chi connectivity index (χ4v) is 7.12. The summed E-state index contributed by atoms with van der Waals surface area (Å²) in [5.41, 5.74) is -2.16. The summed E-state index contributed by atoms with van der Waals surface area (Å²) >= 11 is 9.69. The van der Waals surface area contributed by atoms with Crippen LogP contribution in [0.2, 0.25) is 5.02 Å². The molecule has 0 unspecified atom stereocenters. The zero-order valence-corrected chi connectivity index (χ0v) is 30.6. The van der Waals surface area contributed by atoms with Crippen LogP contribution in [0, 0.1) is 0 Å². The summed E-state index contributed by atoms with van der Waals surface area (Å²) in [6.07, 6.45) is -0.222. The molecule has 0 aliphatic carbocycles. The molecule has 0 spiro atoms. The molecule has 2 aromatic carbocycles. The molecule has 4 rings (SSSR count). The number of piperidine rings is 1. The Morgan fingerprint density at radius 2 is 1.64 bits per heavy atom. The van der Waals surface area contributed by atoms with Crippen LogP contribution in [-0.2, 0) is 25.9 Å². The number of carbonyl (C=O) groups excluding carboxylic acids is 2. The maximum absolute atomic E-state index is 13.7. The first-order chi connectivity index (χ1) is 21.7. The van der Waals surface area contributed by atoms with Crippen LogP contribution in [0.3, 0.4) is 0 Å². The molecule has 0 radical (unpaired) electrons. The maximum Gasteiger partial charge on any atom is 0.415 e. The van der Waals surface area contributed by atoms with Crippen molar-refractivity contribution in [2.24, 2.45) is 0 Å². The smallest absolute Gasteiger partial charge is 0.415 e. The number of nitrogens with zero attached hydrogens (tertiary/aromatic N) is 3. The Balaban J connectivity index is 1.75. The monoisotopic (exact) mass is 754 g/mol. The minimum Gasteiger partial charge on any atom is -0.444 e. The molecule has 2 amide bonds. The van der Waals surface area contributed by atoms with Crippen molar-refractivity contribution >= 4 is 66.1 Å². The summed E-state index contributed by atoms with van der Waals surface area (Å²) in [6, 6.07) is 6.88. The van der Waals surface area contributed by atoms with E-state index in [2.05, 4.69) is 20.9 Å². The number of hydrogen-bond acceptors (Lipinski definition) is 8. The third-order valence-corrected chi connectivity index (χ3v) is 10.1. The van der Waals surface area contributed by atoms with Gasteiger partial charge in [0.05, 0.1) is 33.8 Å². The molecule has 1 aliphatic rings. The van der Waals surface area contributed by atoms with E-state index in [-0.39, 0.29) is 44.7 Å². The molecule has 1 saturated heterocycles. The molecule has 2 heterocycles. The highest BCUT2D eigenvalue weighted by Gasteiger charge is 2.36. The SMILES string of the molecule is CCS(=O)(=O)c1ccc(Cl)cc1Cn1c(=O)[nH]c2cc(N(C(=O)OC(C)(C)C)C3CCN(C(=O)OC(C)(C)C)CC3)c(Br)cc2c1=O. The molecule has 1 aromatic heterocycles. The highest BCUT2D eigenvalue weighted by molar-refractivity contribution is 9.10. The van der Waals surface area contributed by atoms with Crippen molar-refractivity contribution in [1.82, 2.24) is 14.5 Å². The first-order valence-electron chi connectivity index (χ1n) is 15.2. The van der Waals surface area contributed by atoms with Gasteiger partial charge in [0.15, 0.2) is 9.84 Å². The van der Waals surface area contributed by atoms with Crippen molar-refractivity contribution in [2.45, 2.75) is 90.0 Å². The first kappa shape index (κ1) is 36.5. The molecule has 0 atom stereocenters. The molecule has 1 aliphatic heterocycles. The van der Waals surface area contributed by atoms with Crippen LogP contribution >= 0.6 is 27.5 Å². The van der Waals surface area contributed by atoms with E-state index in [1.54, 1.807) is 46.4 Å². The maximum atomic E-state index is 13.7. The van der Waals surface area contributed by atoms with Crippen molar-refractivity contribution < 1.29 is 27.5 Å². The van der Waals surface area contributed by atoms with E-state index in [4.69, 9.17) is 21.1 Å². The van der Waals surface area contributed by atoms with Crippen LogP contribution in [0.5, 0.6) is 0 Å². The van der Waals surface area contributed by atoms with E-state index in [1.807, 2.05) is 0 Å². The Morgan fingerprint density at radius 1 is 1.02 bits per heavy atom. The molecule has 12 nitrogen and oxygen atoms in total. The molecule has 3 aromatic rings. The second-order valence-electron chi connectivity index (χ2n) is 13.4. The average Bonchev–Trinajstić information content (AvgIpc) is 2.94. The van der Waals surface area contributed by atoms with Gasteiger partial charge < -0.3 is 19.4 Å². The predicted octanol–water partition coefficient (Wildman–Crippen LogP) is 6.09. The van der Waals surface area contributed by atoms with Gasteiger partial charge >= 0.3 is 17.9 Å². The number of nitrogens with one attached hydrogen (secondary N) is 1. The molecule has 47 heavy (non-hydrogen) atoms. The Bertz CT molecular complexity index is 1920. The Labute approximate surface area is 287 Å². The molecule has 256 valence electrons. The van der Waals surface area contributed by atoms with Crippen LogP contribution in [0.1, 0.15) is 66.9 Å². The number of sulfone groups is 1. The third kappa shape index (κ3) is 8.57. The minimum absolute atomic E-state index is 0.0157. The Kier molecular flexibility index (Phi) is 10.6. The van der Waals surface area contributed by atoms with E-state index < -0.39 is 44.5 Å². The van der Waals surface area contributed by atoms with Gasteiger partial charge in [-0.05, 0) is 106 Å². The number of aromatic amines is 1. The second-order valence-corrected chi connectivity index (χ2v) is 16.9. The van der Waals surface area contributed by atoms with Gasteiger partial charge in [-0.1, -0.05) is 18.5 Å². The standard InChI is InChI=1S/C32H40BrClN4O8S/c1-8-47(43,44)26-10-9-20(34)15-19(26)18-37-27(39)22-16-23(33)25(17-24(22)35-28(37)40)38(30(42)46-32(5,6)7)21-11-13-36(14-12-21)29(41)45-31(2,3)4/h9-10,15-17,21H,8,11-14,18H2,1-7H3,(H,35,40). The predicted molar refractivity (Wildman–Crippen MR) is 184 cm³/mol. The van der Waals surface area contributed by atoms with E-state index in [1.165, 1.54) is 42.2 Å². The largest absolute Gasteiger partial charge is 0.444 e. The van der Waals surface area contributed by atoms with Gasteiger partial charge in [-0.25, -0.2) is 22.8 Å². The molecule has 1 fully saturated rings. The number of hydrogen-bond donors (Lipinski definition) is 1. The van der Waals surface area contributed by atoms with Crippen molar-refractivity contribution in [3.63, 3.8) is 0 Å². The number of anilines is 1. The number of ether oxygens (including phenoxy) is 2. The second kappa shape index (κ2) is 13.6. The zero-order chi connectivity index (χ0) is 35.1. The lowest BCUT2D eigenvalue weighted by molar-refractivity contribution is 0.0200. The normalized spacial score (nSPS) is 14.7. The molecule has 1 N–H and O–H groups in total. The number of carbonyl (C=O) groups is 2. The van der Waals surface area contributed by atoms with Gasteiger partial charge in [-0.2, -0.15) is 0 Å². The fourth-order valence-electron chi connectivity index (χ4n) is 5.28. The lowest BCUT2D eigenvalue weighted by Gasteiger charge is -2.39. The van der Waals surface area contributed by atoms with Crippen LogP contribution in [0.4, 0.5) is 15.3 Å². The van der Waals surface area contributed by atoms with Crippen molar-refractivity contribution in [2.75, 3.05) is 23.7 Å². The summed E-state index contributed by atoms with van der Waals surface area (Å²) in [7, 11) is -3.68. The molecular formula is C32H40BrClN4O8S. The quantitative estimate of drug-likeness (QED) is 0.318. The topological polar surface area (TPSA) is 148 Å². The zero-order valence-electron chi connectivity index (χ0n) is 27.5. The van der Waals surface area contributed by atoms with Crippen LogP contribution in [0.15, 0.2) is 49.3 Å². The number of fused-ring (bicyclic) bond motifs is 1. The van der Waals surface area contributed by atoms with E-state index >= 15 is 0 Å². The summed E-state index contributed by atoms with van der Waals surface area (Å²) in [4.78, 5) is 59.2. The summed E-state index contributed by atoms with van der Waals surface area (Å²) < 4.78 is 38.1. The average molecular weight is 756 g/mol. The van der Waals surface area contributed by atoms with Gasteiger partial charge in [0.1, 0.15) is 11.2 Å². The highest BCUT2D eigenvalue weighted by atomic mass is 79.9. The number of likely N-dealkylation sites (tertiary alicyclic amines) is 1. The number of benzene rings is 2. The molecule has 15 heteroatoms. The van der Waals surface area contributed by atoms with Gasteiger partial charge in [-0.15, -0.1) is 0 Å². The van der Waals surface area contributed by atoms with E-state index in [0.29, 0.717) is 36.1 Å². The number of H-pyrrole nitrogens is 1. The van der Waals surface area contributed by atoms with Crippen LogP contribution < -0.4 is 16.1 Å². The number of rotatable bonds is 6. The third-order valence-electron chi connectivity index (χ3n) is 7.45. The van der Waals surface area contributed by atoms with Gasteiger partial charge in [0, 0.05) is 28.6 Å². The fraction of sp³-hybridized carbons (Fsp3) is 0.500. The summed E-state index contributed by atoms with van der Waals surface area (Å²) in [5, 5.41) is 0.387. The molecular weight excluding hydrogens is 716 g/mol. The lowest BCUT2D eigenvalue weighted by Crippen LogP contribution is -2.51. The van der Waals surface area contributed by atoms with Crippen molar-refractivity contribution in [3.8, 4) is 0 Å². The van der Waals surface area contributed by atoms with Crippen LogP contribution in [0.25, 0.3) is 10.9 Å². The summed E-state index contributed by atoms with van der Waals surface area (Å²) in [5.74, 6) is -0.172. The molecule has 0 saturated carbocycles. The van der Waals surface area contributed by atoms with Gasteiger partial charge in [0.25, 0.3) is 5.56 Å². The van der Waals surface area contributed by atoms with E-state index in [0.717, 1.165) is 4.57 Å². The highest BCUT2D eigenvalue weighted by Crippen LogP contribution is 2.35. The number of aromatic nitrogens is 2. The first-order valence-corrected chi connectivity index (χ1v) is 18.0. The Hall–Kier alpha value is -3.36. The molecule has 0 bridgehead atoms. The lowest BCUT2D eigenvalue weighted by atomic mass is 10.0. The Morgan fingerprint density at radius 3 is 2.21 bits per heavy atom.